The van der Waals surface area contributed by atoms with Crippen LogP contribution in [-0.2, 0) is 10.0 Å². The number of hydrogen-bond donors (Lipinski definition) is 1. The van der Waals surface area contributed by atoms with Crippen LogP contribution in [0, 0.1) is 11.3 Å². The minimum Gasteiger partial charge on any atom is -0.456 e. The first-order valence-electron chi connectivity index (χ1n) is 13.6. The highest BCUT2D eigenvalue weighted by Crippen LogP contribution is 2.36. The van der Waals surface area contributed by atoms with Crippen LogP contribution < -0.4 is 4.74 Å². The van der Waals surface area contributed by atoms with Crippen molar-refractivity contribution in [2.24, 2.45) is 0 Å². The molecule has 0 radical (unpaired) electrons. The van der Waals surface area contributed by atoms with Crippen LogP contribution in [0.5, 0.6) is 11.5 Å². The molecule has 39 heavy (non-hydrogen) atoms. The zero-order valence-electron chi connectivity index (χ0n) is 21.8. The van der Waals surface area contributed by atoms with Crippen LogP contribution in [0.1, 0.15) is 44.1 Å². The van der Waals surface area contributed by atoms with E-state index in [2.05, 4.69) is 9.80 Å². The summed E-state index contributed by atoms with van der Waals surface area (Å²) in [5, 5.41) is 19.9. The highest BCUT2D eigenvalue weighted by atomic mass is 35.5. The molecular weight excluding hydrogens is 559 g/mol. The number of benzene rings is 2. The Hall–Kier alpha value is -1.90. The summed E-state index contributed by atoms with van der Waals surface area (Å²) >= 11 is 12.2. The summed E-state index contributed by atoms with van der Waals surface area (Å²) in [6.45, 7) is 4.06. The molecule has 2 atom stereocenters. The zero-order chi connectivity index (χ0) is 27.6. The van der Waals surface area contributed by atoms with Crippen LogP contribution in [0.2, 0.25) is 10.0 Å². The number of nitrogens with zero attached hydrogens (tertiary/aromatic N) is 4. The van der Waals surface area contributed by atoms with Crippen LogP contribution >= 0.6 is 23.2 Å². The van der Waals surface area contributed by atoms with Crippen LogP contribution in [0.3, 0.4) is 0 Å². The molecule has 3 heterocycles. The standard InChI is InChI=1S/C28H34Cl2N4O4S/c29-21-14-22(30)16-26(15-21)38-27-6-5-20(17-31)13-28(27)39(36,37)33-11-7-23(8-12-33)34-10-2-3-24(34)18-32-9-1-4-25(32)19-35/h5-6,13-16,23-25,35H,1-4,7-12,18-19H2/t24-,25-/m0/s1. The van der Waals surface area contributed by atoms with E-state index in [0.717, 1.165) is 58.2 Å². The van der Waals surface area contributed by atoms with E-state index in [1.54, 1.807) is 18.2 Å². The van der Waals surface area contributed by atoms with E-state index in [4.69, 9.17) is 27.9 Å². The van der Waals surface area contributed by atoms with Gasteiger partial charge in [-0.25, -0.2) is 8.42 Å². The van der Waals surface area contributed by atoms with E-state index in [-0.39, 0.29) is 28.9 Å². The van der Waals surface area contributed by atoms with Crippen LogP contribution in [0.4, 0.5) is 0 Å². The Labute approximate surface area is 240 Å². The summed E-state index contributed by atoms with van der Waals surface area (Å²) < 4.78 is 35.1. The second kappa shape index (κ2) is 12.3. The van der Waals surface area contributed by atoms with Crippen molar-refractivity contribution in [3.05, 3.63) is 52.0 Å². The second-order valence-electron chi connectivity index (χ2n) is 10.6. The van der Waals surface area contributed by atoms with Crippen molar-refractivity contribution in [3.63, 3.8) is 0 Å². The van der Waals surface area contributed by atoms with Crippen molar-refractivity contribution in [3.8, 4) is 17.6 Å². The lowest BCUT2D eigenvalue weighted by atomic mass is 10.0. The largest absolute Gasteiger partial charge is 0.456 e. The highest BCUT2D eigenvalue weighted by molar-refractivity contribution is 7.89. The van der Waals surface area contributed by atoms with Crippen molar-refractivity contribution in [2.75, 3.05) is 39.3 Å². The Balaban J connectivity index is 1.29. The smallest absolute Gasteiger partial charge is 0.246 e. The van der Waals surface area contributed by atoms with Gasteiger partial charge in [0.25, 0.3) is 0 Å². The van der Waals surface area contributed by atoms with Gasteiger partial charge < -0.3 is 9.84 Å². The van der Waals surface area contributed by atoms with E-state index >= 15 is 0 Å². The molecule has 0 aromatic heterocycles. The SMILES string of the molecule is N#Cc1ccc(Oc2cc(Cl)cc(Cl)c2)c(S(=O)(=O)N2CCC(N3CCC[C@H]3CN3CCC[C@H]3CO)CC2)c1. The Morgan fingerprint density at radius 3 is 2.33 bits per heavy atom. The number of nitriles is 1. The number of likely N-dealkylation sites (tertiary alicyclic amines) is 2. The van der Waals surface area contributed by atoms with Gasteiger partial charge >= 0.3 is 0 Å². The van der Waals surface area contributed by atoms with E-state index in [0.29, 0.717) is 41.0 Å². The van der Waals surface area contributed by atoms with Crippen molar-refractivity contribution in [1.82, 2.24) is 14.1 Å². The highest BCUT2D eigenvalue weighted by Gasteiger charge is 2.38. The van der Waals surface area contributed by atoms with Gasteiger partial charge in [0.2, 0.25) is 10.0 Å². The predicted molar refractivity (Wildman–Crippen MR) is 151 cm³/mol. The first-order chi connectivity index (χ1) is 18.8. The molecule has 3 fully saturated rings. The van der Waals surface area contributed by atoms with E-state index < -0.39 is 10.0 Å². The van der Waals surface area contributed by atoms with Gasteiger partial charge in [-0.2, -0.15) is 9.57 Å². The number of halogens is 2. The number of aliphatic hydroxyl groups excluding tert-OH is 1. The fraction of sp³-hybridized carbons (Fsp3) is 0.536. The minimum absolute atomic E-state index is 0.0424. The lowest BCUT2D eigenvalue weighted by molar-refractivity contribution is 0.0838. The molecule has 3 aliphatic rings. The zero-order valence-corrected chi connectivity index (χ0v) is 24.1. The summed E-state index contributed by atoms with van der Waals surface area (Å²) in [5.41, 5.74) is 0.239. The maximum atomic E-state index is 13.8. The van der Waals surface area contributed by atoms with Gasteiger partial charge in [0.05, 0.1) is 18.2 Å². The first-order valence-corrected chi connectivity index (χ1v) is 15.8. The molecule has 3 saturated heterocycles. The van der Waals surface area contributed by atoms with Crippen molar-refractivity contribution < 1.29 is 18.3 Å². The average Bonchev–Trinajstić information content (AvgIpc) is 3.58. The molecule has 3 aliphatic heterocycles. The van der Waals surface area contributed by atoms with E-state index in [1.165, 1.54) is 22.5 Å². The third-order valence-corrected chi connectivity index (χ3v) is 10.6. The predicted octanol–water partition coefficient (Wildman–Crippen LogP) is 4.73. The van der Waals surface area contributed by atoms with Gasteiger partial charge in [-0.05, 0) is 88.0 Å². The maximum absolute atomic E-state index is 13.8. The number of hydrogen-bond acceptors (Lipinski definition) is 7. The fourth-order valence-electron chi connectivity index (χ4n) is 6.28. The number of piperidine rings is 1. The lowest BCUT2D eigenvalue weighted by Crippen LogP contribution is -2.51. The molecule has 1 N–H and O–H groups in total. The van der Waals surface area contributed by atoms with Gasteiger partial charge in [-0.15, -0.1) is 0 Å². The molecule has 0 amide bonds. The molecule has 2 aromatic carbocycles. The molecule has 5 rings (SSSR count). The van der Waals surface area contributed by atoms with Crippen molar-refractivity contribution in [1.29, 1.82) is 5.26 Å². The molecule has 0 unspecified atom stereocenters. The lowest BCUT2D eigenvalue weighted by Gasteiger charge is -2.40. The van der Waals surface area contributed by atoms with Gasteiger partial charge in [0, 0.05) is 47.8 Å². The van der Waals surface area contributed by atoms with Gasteiger partial charge in [-0.3, -0.25) is 9.80 Å². The normalized spacial score (nSPS) is 23.7. The molecule has 210 valence electrons. The monoisotopic (exact) mass is 592 g/mol. The molecule has 0 aliphatic carbocycles. The van der Waals surface area contributed by atoms with Gasteiger partial charge in [0.15, 0.2) is 0 Å². The second-order valence-corrected chi connectivity index (χ2v) is 13.4. The average molecular weight is 594 g/mol. The Morgan fingerprint density at radius 1 is 0.949 bits per heavy atom. The van der Waals surface area contributed by atoms with Crippen LogP contribution in [0.15, 0.2) is 41.3 Å². The first kappa shape index (κ1) is 28.6. The number of ether oxygens (including phenoxy) is 1. The third kappa shape index (κ3) is 6.38. The maximum Gasteiger partial charge on any atom is 0.246 e. The minimum atomic E-state index is -3.92. The molecule has 11 heteroatoms. The van der Waals surface area contributed by atoms with E-state index in [9.17, 15) is 18.8 Å². The topological polar surface area (TPSA) is 97.1 Å². The van der Waals surface area contributed by atoms with Crippen LogP contribution in [0.25, 0.3) is 0 Å². The summed E-state index contributed by atoms with van der Waals surface area (Å²) in [6.07, 6.45) is 5.98. The summed E-state index contributed by atoms with van der Waals surface area (Å²) in [7, 11) is -3.92. The van der Waals surface area contributed by atoms with Gasteiger partial charge in [0.1, 0.15) is 16.4 Å². The molecule has 2 aromatic rings. The number of rotatable bonds is 8. The Bertz CT molecular complexity index is 1310. The summed E-state index contributed by atoms with van der Waals surface area (Å²) in [4.78, 5) is 4.96. The molecule has 0 spiro atoms. The third-order valence-electron chi connectivity index (χ3n) is 8.22. The summed E-state index contributed by atoms with van der Waals surface area (Å²) in [6, 6.07) is 12.2. The Morgan fingerprint density at radius 2 is 1.64 bits per heavy atom. The molecule has 0 saturated carbocycles. The van der Waals surface area contributed by atoms with Gasteiger partial charge in [-0.1, -0.05) is 23.2 Å². The van der Waals surface area contributed by atoms with Crippen molar-refractivity contribution >= 4 is 33.2 Å². The number of aliphatic hydroxyl groups is 1. The molecule has 8 nitrogen and oxygen atoms in total. The molecule has 0 bridgehead atoms. The Kier molecular flexibility index (Phi) is 9.04. The summed E-state index contributed by atoms with van der Waals surface area (Å²) in [5.74, 6) is 0.437. The van der Waals surface area contributed by atoms with Crippen LogP contribution in [-0.4, -0.2) is 85.1 Å². The number of sulfonamides is 1. The fourth-order valence-corrected chi connectivity index (χ4v) is 8.39. The quantitative estimate of drug-likeness (QED) is 0.473. The molecular formula is C28H34Cl2N4O4S. The van der Waals surface area contributed by atoms with E-state index in [1.807, 2.05) is 6.07 Å². The van der Waals surface area contributed by atoms with Crippen molar-refractivity contribution in [2.45, 2.75) is 61.5 Å².